The highest BCUT2D eigenvalue weighted by Gasteiger charge is 2.76. The van der Waals surface area contributed by atoms with Gasteiger partial charge in [0.05, 0.1) is 30.8 Å². The van der Waals surface area contributed by atoms with E-state index >= 15 is 0 Å². The Morgan fingerprint density at radius 3 is 2.66 bits per heavy atom. The molecule has 11 heteroatoms. The Hall–Kier alpha value is -3.41. The van der Waals surface area contributed by atoms with Gasteiger partial charge in [0.1, 0.15) is 5.60 Å². The third kappa shape index (κ3) is 2.43. The minimum absolute atomic E-state index is 0.101. The van der Waals surface area contributed by atoms with Crippen LogP contribution in [0.4, 0.5) is 0 Å². The van der Waals surface area contributed by atoms with Gasteiger partial charge >= 0.3 is 5.97 Å². The first-order valence-electron chi connectivity index (χ1n) is 10.2. The number of aliphatic hydroxyl groups is 2. The van der Waals surface area contributed by atoms with Crippen molar-refractivity contribution in [2.45, 2.75) is 36.4 Å². The van der Waals surface area contributed by atoms with E-state index in [1.165, 1.54) is 11.8 Å². The number of hydrogen-bond donors (Lipinski definition) is 7. The summed E-state index contributed by atoms with van der Waals surface area (Å²) in [5, 5.41) is 56.5. The van der Waals surface area contributed by atoms with Crippen molar-refractivity contribution < 1.29 is 25.0 Å². The van der Waals surface area contributed by atoms with Gasteiger partial charge in [-0.2, -0.15) is 5.06 Å². The van der Waals surface area contributed by atoms with Crippen LogP contribution in [-0.4, -0.2) is 85.9 Å². The zero-order valence-electron chi connectivity index (χ0n) is 17.2. The predicted octanol–water partition coefficient (Wildman–Crippen LogP) is -0.375. The second kappa shape index (κ2) is 6.79. The highest BCUT2D eigenvalue weighted by atomic mass is 16.6. The second-order valence-corrected chi connectivity index (χ2v) is 8.47. The van der Waals surface area contributed by atoms with Gasteiger partial charge in [0.15, 0.2) is 17.7 Å². The summed E-state index contributed by atoms with van der Waals surface area (Å²) in [7, 11) is 0. The molecule has 2 unspecified atom stereocenters. The molecule has 5 atom stereocenters. The number of fused-ring (bicyclic) bond motifs is 1. The maximum Gasteiger partial charge on any atom is 0.339 e. The molecule has 2 aromatic rings. The standard InChI is InChI=1S/C21H24N6O5/c1-20(30)15(32-17(29)13-8-4-6-11-5-2-3-7-12(11)13)9-26-18(22)24-14(10-28)16-21(20,26)27(31)19(23)25-16/h2-8,14-16,28,30-31H,9-10H2,1H3,(H2,22,24)(H2,23,25)/t14-,15-,16?,20-,21?/m0/s1. The summed E-state index contributed by atoms with van der Waals surface area (Å²) < 4.78 is 5.76. The lowest BCUT2D eigenvalue weighted by molar-refractivity contribution is -0.228. The van der Waals surface area contributed by atoms with Crippen molar-refractivity contribution in [3.63, 3.8) is 0 Å². The summed E-state index contributed by atoms with van der Waals surface area (Å²) in [5.74, 6) is -1.21. The molecule has 3 fully saturated rings. The Kier molecular flexibility index (Phi) is 4.35. The lowest BCUT2D eigenvalue weighted by Gasteiger charge is -2.53. The van der Waals surface area contributed by atoms with Crippen molar-refractivity contribution in [1.29, 1.82) is 10.8 Å². The molecule has 3 aliphatic rings. The summed E-state index contributed by atoms with van der Waals surface area (Å²) >= 11 is 0. The van der Waals surface area contributed by atoms with Crippen molar-refractivity contribution in [2.24, 2.45) is 0 Å². The maximum absolute atomic E-state index is 13.2. The quantitative estimate of drug-likeness (QED) is 0.315. The number of esters is 1. The van der Waals surface area contributed by atoms with E-state index in [1.54, 1.807) is 18.2 Å². The summed E-state index contributed by atoms with van der Waals surface area (Å²) in [5.41, 5.74) is -3.31. The molecule has 3 aliphatic heterocycles. The Morgan fingerprint density at radius 1 is 1.19 bits per heavy atom. The van der Waals surface area contributed by atoms with Crippen LogP contribution in [0.1, 0.15) is 17.3 Å². The number of rotatable bonds is 3. The summed E-state index contributed by atoms with van der Waals surface area (Å²) in [4.78, 5) is 14.5. The molecule has 0 aromatic heterocycles. The average molecular weight is 440 g/mol. The number of benzene rings is 2. The topological polar surface area (TPSA) is 165 Å². The average Bonchev–Trinajstić information content (AvgIpc) is 3.19. The Bertz CT molecular complexity index is 1130. The molecule has 3 heterocycles. The number of ether oxygens (including phenoxy) is 1. The maximum atomic E-state index is 13.2. The Morgan fingerprint density at radius 2 is 1.91 bits per heavy atom. The minimum Gasteiger partial charge on any atom is -0.454 e. The molecule has 0 saturated carbocycles. The minimum atomic E-state index is -1.91. The third-order valence-corrected chi connectivity index (χ3v) is 6.84. The fourth-order valence-electron chi connectivity index (χ4n) is 5.29. The van der Waals surface area contributed by atoms with Crippen LogP contribution in [0.3, 0.4) is 0 Å². The molecule has 2 aromatic carbocycles. The van der Waals surface area contributed by atoms with Gasteiger partial charge in [-0.25, -0.2) is 4.79 Å². The lowest BCUT2D eigenvalue weighted by Crippen LogP contribution is -2.80. The summed E-state index contributed by atoms with van der Waals surface area (Å²) in [6, 6.07) is 11.0. The van der Waals surface area contributed by atoms with Gasteiger partial charge in [-0.15, -0.1) is 0 Å². The molecule has 0 bridgehead atoms. The number of carbonyl (C=O) groups excluding carboxylic acids is 1. The van der Waals surface area contributed by atoms with Crippen LogP contribution in [0.15, 0.2) is 42.5 Å². The van der Waals surface area contributed by atoms with E-state index in [0.29, 0.717) is 16.0 Å². The van der Waals surface area contributed by atoms with E-state index in [1.807, 2.05) is 24.3 Å². The van der Waals surface area contributed by atoms with Crippen LogP contribution in [0.2, 0.25) is 0 Å². The Labute approximate surface area is 183 Å². The van der Waals surface area contributed by atoms with Crippen molar-refractivity contribution in [1.82, 2.24) is 20.6 Å². The van der Waals surface area contributed by atoms with Gasteiger partial charge in [0, 0.05) is 0 Å². The number of guanidine groups is 2. The normalized spacial score (nSPS) is 33.6. The molecule has 0 amide bonds. The monoisotopic (exact) mass is 440 g/mol. The SMILES string of the molecule is C[C@]1(O)[C@@H](OC(=O)c2cccc3ccccc23)CN2C(=N)N[C@@H](CO)C3NC(=N)N(O)C321. The van der Waals surface area contributed by atoms with E-state index in [4.69, 9.17) is 15.6 Å². The molecular formula is C21H24N6O5. The van der Waals surface area contributed by atoms with Gasteiger partial charge in [-0.05, 0) is 23.8 Å². The molecule has 0 aliphatic carbocycles. The highest BCUT2D eigenvalue weighted by Crippen LogP contribution is 2.49. The smallest absolute Gasteiger partial charge is 0.339 e. The zero-order chi connectivity index (χ0) is 22.8. The second-order valence-electron chi connectivity index (χ2n) is 8.47. The third-order valence-electron chi connectivity index (χ3n) is 6.84. The van der Waals surface area contributed by atoms with Gasteiger partial charge < -0.3 is 30.5 Å². The molecule has 7 N–H and O–H groups in total. The molecule has 32 heavy (non-hydrogen) atoms. The molecule has 0 radical (unpaired) electrons. The van der Waals surface area contributed by atoms with E-state index in [-0.39, 0.29) is 12.5 Å². The van der Waals surface area contributed by atoms with Crippen molar-refractivity contribution in [2.75, 3.05) is 13.2 Å². The van der Waals surface area contributed by atoms with Crippen LogP contribution in [0.5, 0.6) is 0 Å². The predicted molar refractivity (Wildman–Crippen MR) is 113 cm³/mol. The number of nitrogens with zero attached hydrogens (tertiary/aromatic N) is 2. The first-order valence-corrected chi connectivity index (χ1v) is 10.2. The largest absolute Gasteiger partial charge is 0.454 e. The summed E-state index contributed by atoms with van der Waals surface area (Å²) in [6.45, 7) is 0.890. The van der Waals surface area contributed by atoms with E-state index in [2.05, 4.69) is 10.6 Å². The van der Waals surface area contributed by atoms with Gasteiger partial charge in [0.25, 0.3) is 0 Å². The summed E-state index contributed by atoms with van der Waals surface area (Å²) in [6.07, 6.45) is -1.14. The molecule has 1 spiro atoms. The fraction of sp³-hybridized carbons (Fsp3) is 0.381. The number of hydrogen-bond acceptors (Lipinski definition) is 7. The fourth-order valence-corrected chi connectivity index (χ4v) is 5.29. The van der Waals surface area contributed by atoms with Crippen LogP contribution < -0.4 is 10.6 Å². The first-order chi connectivity index (χ1) is 15.2. The van der Waals surface area contributed by atoms with E-state index < -0.39 is 48.0 Å². The molecule has 11 nitrogen and oxygen atoms in total. The van der Waals surface area contributed by atoms with Crippen LogP contribution >= 0.6 is 0 Å². The van der Waals surface area contributed by atoms with Gasteiger partial charge in [-0.1, -0.05) is 36.4 Å². The van der Waals surface area contributed by atoms with E-state index in [9.17, 15) is 20.2 Å². The molecular weight excluding hydrogens is 416 g/mol. The molecule has 168 valence electrons. The van der Waals surface area contributed by atoms with Crippen molar-refractivity contribution >= 4 is 28.7 Å². The van der Waals surface area contributed by atoms with Gasteiger partial charge in [0.2, 0.25) is 5.96 Å². The number of carbonyl (C=O) groups is 1. The van der Waals surface area contributed by atoms with E-state index in [0.717, 1.165) is 5.39 Å². The zero-order valence-corrected chi connectivity index (χ0v) is 17.2. The lowest BCUT2D eigenvalue weighted by atomic mass is 9.79. The van der Waals surface area contributed by atoms with Gasteiger partial charge in [-0.3, -0.25) is 16.0 Å². The van der Waals surface area contributed by atoms with Crippen LogP contribution in [0.25, 0.3) is 10.8 Å². The number of aliphatic hydroxyl groups excluding tert-OH is 1. The molecule has 3 saturated heterocycles. The number of nitrogens with one attached hydrogen (secondary N) is 4. The Balaban J connectivity index is 1.54. The molecule has 5 rings (SSSR count). The van der Waals surface area contributed by atoms with Crippen LogP contribution in [0, 0.1) is 10.8 Å². The highest BCUT2D eigenvalue weighted by molar-refractivity contribution is 6.04. The first kappa shape index (κ1) is 20.5. The van der Waals surface area contributed by atoms with Crippen molar-refractivity contribution in [3.05, 3.63) is 48.0 Å². The number of hydroxylamine groups is 2. The van der Waals surface area contributed by atoms with Crippen LogP contribution in [-0.2, 0) is 4.74 Å². The van der Waals surface area contributed by atoms with Crippen molar-refractivity contribution in [3.8, 4) is 0 Å².